The van der Waals surface area contributed by atoms with Gasteiger partial charge < -0.3 is 14.8 Å². The zero-order chi connectivity index (χ0) is 17.0. The topological polar surface area (TPSA) is 47.6 Å². The number of ether oxygens (including phenoxy) is 2. The van der Waals surface area contributed by atoms with E-state index in [1.165, 1.54) is 12.0 Å². The van der Waals surface area contributed by atoms with Crippen molar-refractivity contribution in [2.75, 3.05) is 19.7 Å². The fraction of sp³-hybridized carbons (Fsp3) is 0.632. The van der Waals surface area contributed by atoms with E-state index in [4.69, 9.17) is 9.47 Å². The minimum Gasteiger partial charge on any atom is -0.476 e. The number of esters is 1. The maximum atomic E-state index is 12.0. The van der Waals surface area contributed by atoms with Crippen LogP contribution in [-0.4, -0.2) is 31.3 Å². The monoisotopic (exact) mass is 319 g/mol. The predicted octanol–water partition coefficient (Wildman–Crippen LogP) is 3.18. The highest BCUT2D eigenvalue weighted by molar-refractivity contribution is 5.79. The molecule has 1 heterocycles. The molecule has 0 saturated carbocycles. The largest absolute Gasteiger partial charge is 0.476 e. The van der Waals surface area contributed by atoms with Crippen LogP contribution < -0.4 is 10.1 Å². The summed E-state index contributed by atoms with van der Waals surface area (Å²) < 4.78 is 11.1. The van der Waals surface area contributed by atoms with Crippen LogP contribution in [0.15, 0.2) is 12.1 Å². The van der Waals surface area contributed by atoms with Crippen LogP contribution >= 0.6 is 0 Å². The Morgan fingerprint density at radius 2 is 1.96 bits per heavy atom. The van der Waals surface area contributed by atoms with Gasteiger partial charge in [-0.15, -0.1) is 0 Å². The summed E-state index contributed by atoms with van der Waals surface area (Å²) in [5.41, 5.74) is 2.50. The Kier molecular flexibility index (Phi) is 5.69. The van der Waals surface area contributed by atoms with E-state index in [0.29, 0.717) is 6.61 Å². The molecule has 23 heavy (non-hydrogen) atoms. The Bertz CT molecular complexity index is 537. The zero-order valence-electron chi connectivity index (χ0n) is 15.0. The van der Waals surface area contributed by atoms with E-state index >= 15 is 0 Å². The highest BCUT2D eigenvalue weighted by Gasteiger charge is 2.32. The first-order chi connectivity index (χ1) is 10.8. The molecule has 1 saturated heterocycles. The maximum absolute atomic E-state index is 12.0. The van der Waals surface area contributed by atoms with E-state index in [1.807, 2.05) is 13.8 Å². The van der Waals surface area contributed by atoms with Crippen LogP contribution in [0.4, 0.5) is 0 Å². The van der Waals surface area contributed by atoms with Gasteiger partial charge in [0.05, 0.1) is 6.61 Å². The first kappa shape index (κ1) is 17.8. The average molecular weight is 319 g/mol. The van der Waals surface area contributed by atoms with Crippen LogP contribution in [0, 0.1) is 19.8 Å². The maximum Gasteiger partial charge on any atom is 0.349 e. The highest BCUT2D eigenvalue weighted by atomic mass is 16.6. The van der Waals surface area contributed by atoms with E-state index < -0.39 is 5.60 Å². The first-order valence-electron chi connectivity index (χ1n) is 8.50. The van der Waals surface area contributed by atoms with Gasteiger partial charge in [-0.25, -0.2) is 4.79 Å². The third kappa shape index (κ3) is 4.47. The minimum absolute atomic E-state index is 0.333. The molecule has 0 amide bonds. The molecule has 1 N–H and O–H groups in total. The number of benzene rings is 1. The molecule has 1 unspecified atom stereocenters. The molecule has 0 radical (unpaired) electrons. The molecular weight excluding hydrogens is 290 g/mol. The summed E-state index contributed by atoms with van der Waals surface area (Å²) >= 11 is 0. The third-order valence-corrected chi connectivity index (χ3v) is 4.33. The van der Waals surface area contributed by atoms with Gasteiger partial charge >= 0.3 is 5.97 Å². The fourth-order valence-corrected chi connectivity index (χ4v) is 3.14. The second-order valence-electron chi connectivity index (χ2n) is 6.95. The van der Waals surface area contributed by atoms with Crippen molar-refractivity contribution in [1.29, 1.82) is 0 Å². The van der Waals surface area contributed by atoms with Crippen molar-refractivity contribution >= 4 is 5.97 Å². The van der Waals surface area contributed by atoms with Crippen molar-refractivity contribution < 1.29 is 14.3 Å². The Labute approximate surface area is 139 Å². The molecule has 1 atom stereocenters. The van der Waals surface area contributed by atoms with E-state index in [0.717, 1.165) is 42.3 Å². The summed E-state index contributed by atoms with van der Waals surface area (Å²) in [7, 11) is 0. The fourth-order valence-electron chi connectivity index (χ4n) is 3.14. The molecule has 1 fully saturated rings. The van der Waals surface area contributed by atoms with Gasteiger partial charge in [0, 0.05) is 0 Å². The lowest BCUT2D eigenvalue weighted by atomic mass is 9.95. The lowest BCUT2D eigenvalue weighted by Gasteiger charge is -2.26. The highest BCUT2D eigenvalue weighted by Crippen LogP contribution is 2.30. The normalized spacial score (nSPS) is 18.0. The molecule has 4 nitrogen and oxygen atoms in total. The molecule has 0 bridgehead atoms. The molecule has 4 heteroatoms. The molecule has 1 aliphatic rings. The van der Waals surface area contributed by atoms with Gasteiger partial charge in [0.25, 0.3) is 0 Å². The minimum atomic E-state index is -0.984. The summed E-state index contributed by atoms with van der Waals surface area (Å²) in [6, 6.07) is 4.36. The number of carbonyl (C=O) groups excluding carboxylic acids is 1. The summed E-state index contributed by atoms with van der Waals surface area (Å²) in [5.74, 6) is 1.17. The summed E-state index contributed by atoms with van der Waals surface area (Å²) in [6.07, 6.45) is 2.34. The summed E-state index contributed by atoms with van der Waals surface area (Å²) in [5, 5.41) is 3.41. The number of hydrogen-bond acceptors (Lipinski definition) is 4. The molecule has 1 aromatic rings. The van der Waals surface area contributed by atoms with Gasteiger partial charge in [-0.05, 0) is 83.2 Å². The Balaban J connectivity index is 2.14. The Morgan fingerprint density at radius 1 is 1.30 bits per heavy atom. The Hall–Kier alpha value is -1.55. The predicted molar refractivity (Wildman–Crippen MR) is 91.9 cm³/mol. The summed E-state index contributed by atoms with van der Waals surface area (Å²) in [6.45, 7) is 12.0. The molecule has 2 rings (SSSR count). The van der Waals surface area contributed by atoms with Crippen LogP contribution in [0.3, 0.4) is 0 Å². The van der Waals surface area contributed by atoms with E-state index in [-0.39, 0.29) is 5.97 Å². The third-order valence-electron chi connectivity index (χ3n) is 4.33. The molecule has 1 aromatic carbocycles. The number of nitrogens with one attached hydrogen (secondary N) is 1. The van der Waals surface area contributed by atoms with Crippen LogP contribution in [-0.2, 0) is 16.0 Å². The second-order valence-corrected chi connectivity index (χ2v) is 6.95. The van der Waals surface area contributed by atoms with Gasteiger partial charge in [-0.1, -0.05) is 12.1 Å². The van der Waals surface area contributed by atoms with Crippen molar-refractivity contribution in [3.05, 3.63) is 28.8 Å². The number of aryl methyl sites for hydroxylation is 2. The molecule has 128 valence electrons. The van der Waals surface area contributed by atoms with Gasteiger partial charge in [0.2, 0.25) is 0 Å². The quantitative estimate of drug-likeness (QED) is 0.818. The van der Waals surface area contributed by atoms with Gasteiger partial charge in [0.1, 0.15) is 5.75 Å². The molecule has 0 aromatic heterocycles. The zero-order valence-corrected chi connectivity index (χ0v) is 15.0. The standard InChI is InChI=1S/C19H29NO3/c1-6-22-18(21)19(4,5)23-17-13(2)9-16(10-14(17)3)11-15-7-8-20-12-15/h9-10,15,20H,6-8,11-12H2,1-5H3. The van der Waals surface area contributed by atoms with Gasteiger partial charge in [-0.3, -0.25) is 0 Å². The van der Waals surface area contributed by atoms with Crippen LogP contribution in [0.25, 0.3) is 0 Å². The van der Waals surface area contributed by atoms with E-state index in [9.17, 15) is 4.79 Å². The number of rotatable bonds is 6. The molecule has 0 spiro atoms. The molecule has 1 aliphatic heterocycles. The van der Waals surface area contributed by atoms with Crippen LogP contribution in [0.5, 0.6) is 5.75 Å². The summed E-state index contributed by atoms with van der Waals surface area (Å²) in [4.78, 5) is 12.0. The van der Waals surface area contributed by atoms with Crippen molar-refractivity contribution in [2.24, 2.45) is 5.92 Å². The first-order valence-corrected chi connectivity index (χ1v) is 8.50. The van der Waals surface area contributed by atoms with Crippen molar-refractivity contribution in [3.63, 3.8) is 0 Å². The lowest BCUT2D eigenvalue weighted by Crippen LogP contribution is -2.40. The average Bonchev–Trinajstić information content (AvgIpc) is 2.96. The molecule has 0 aliphatic carbocycles. The van der Waals surface area contributed by atoms with Crippen LogP contribution in [0.1, 0.15) is 43.9 Å². The smallest absolute Gasteiger partial charge is 0.349 e. The van der Waals surface area contributed by atoms with Gasteiger partial charge in [-0.2, -0.15) is 0 Å². The van der Waals surface area contributed by atoms with Crippen molar-refractivity contribution in [2.45, 2.75) is 53.1 Å². The number of carbonyl (C=O) groups is 1. The van der Waals surface area contributed by atoms with Gasteiger partial charge in [0.15, 0.2) is 5.60 Å². The lowest BCUT2D eigenvalue weighted by molar-refractivity contribution is -0.158. The van der Waals surface area contributed by atoms with E-state index in [1.54, 1.807) is 20.8 Å². The van der Waals surface area contributed by atoms with Crippen molar-refractivity contribution in [1.82, 2.24) is 5.32 Å². The van der Waals surface area contributed by atoms with Crippen molar-refractivity contribution in [3.8, 4) is 5.75 Å². The Morgan fingerprint density at radius 3 is 2.48 bits per heavy atom. The second kappa shape index (κ2) is 7.35. The van der Waals surface area contributed by atoms with E-state index in [2.05, 4.69) is 17.4 Å². The number of hydrogen-bond donors (Lipinski definition) is 1. The SMILES string of the molecule is CCOC(=O)C(C)(C)Oc1c(C)cc(CC2CCNC2)cc1C. The molecular formula is C19H29NO3. The van der Waals surface area contributed by atoms with Crippen LogP contribution in [0.2, 0.25) is 0 Å².